The summed E-state index contributed by atoms with van der Waals surface area (Å²) in [5, 5.41) is 0. The van der Waals surface area contributed by atoms with Crippen LogP contribution in [-0.4, -0.2) is 53.3 Å². The Bertz CT molecular complexity index is 554. The zero-order chi connectivity index (χ0) is 18.1. The molecule has 2 atom stereocenters. The van der Waals surface area contributed by atoms with Crippen LogP contribution in [-0.2, 0) is 33.3 Å². The Morgan fingerprint density at radius 3 is 1.35 bits per heavy atom. The van der Waals surface area contributed by atoms with Crippen LogP contribution in [0.5, 0.6) is 0 Å². The minimum atomic E-state index is -5.81. The van der Waals surface area contributed by atoms with Crippen molar-refractivity contribution in [3.63, 3.8) is 0 Å². The highest BCUT2D eigenvalue weighted by molar-refractivity contribution is 7.87. The van der Waals surface area contributed by atoms with E-state index in [1.807, 2.05) is 0 Å². The van der Waals surface area contributed by atoms with Crippen LogP contribution in [0.25, 0.3) is 0 Å². The Morgan fingerprint density at radius 2 is 1.09 bits per heavy atom. The van der Waals surface area contributed by atoms with Gasteiger partial charge in [-0.3, -0.25) is 8.37 Å². The lowest BCUT2D eigenvalue weighted by molar-refractivity contribution is -0.0629. The highest BCUT2D eigenvalue weighted by Gasteiger charge is 2.49. The lowest BCUT2D eigenvalue weighted by atomic mass is 10.2. The van der Waals surface area contributed by atoms with Crippen molar-refractivity contribution in [1.29, 1.82) is 0 Å². The standard InChI is InChI=1S/C8H10F6O7S2/c9-7(10,11)22(15,16)19-3-5-1-2-6(21-5)4-20-23(17,18)8(12,13)14/h5-6H,1-4H2. The van der Waals surface area contributed by atoms with Crippen LogP contribution in [0.1, 0.15) is 12.8 Å². The predicted octanol–water partition coefficient (Wildman–Crippen LogP) is 1.27. The van der Waals surface area contributed by atoms with Crippen molar-refractivity contribution in [2.75, 3.05) is 13.2 Å². The maximum atomic E-state index is 12.0. The number of halogens is 6. The molecule has 1 heterocycles. The molecule has 1 saturated heterocycles. The second kappa shape index (κ2) is 6.70. The van der Waals surface area contributed by atoms with Crippen LogP contribution >= 0.6 is 0 Å². The molecule has 0 aliphatic carbocycles. The van der Waals surface area contributed by atoms with E-state index < -0.39 is 56.7 Å². The molecule has 0 spiro atoms. The molecule has 0 saturated carbocycles. The Morgan fingerprint density at radius 1 is 0.783 bits per heavy atom. The molecule has 0 aromatic heterocycles. The van der Waals surface area contributed by atoms with Gasteiger partial charge < -0.3 is 4.74 Å². The van der Waals surface area contributed by atoms with Gasteiger partial charge in [-0.2, -0.15) is 43.2 Å². The topological polar surface area (TPSA) is 96.0 Å². The van der Waals surface area contributed by atoms with Crippen molar-refractivity contribution in [2.45, 2.75) is 36.1 Å². The van der Waals surface area contributed by atoms with E-state index in [9.17, 15) is 43.2 Å². The van der Waals surface area contributed by atoms with E-state index in [-0.39, 0.29) is 12.8 Å². The smallest absolute Gasteiger partial charge is 0.370 e. The normalized spacial score (nSPS) is 24.1. The van der Waals surface area contributed by atoms with Crippen molar-refractivity contribution in [2.24, 2.45) is 0 Å². The van der Waals surface area contributed by atoms with Gasteiger partial charge in [0.15, 0.2) is 0 Å². The molecule has 1 aliphatic rings. The molecule has 2 unspecified atom stereocenters. The van der Waals surface area contributed by atoms with Gasteiger partial charge in [-0.15, -0.1) is 0 Å². The quantitative estimate of drug-likeness (QED) is 0.379. The number of hydrogen-bond acceptors (Lipinski definition) is 7. The van der Waals surface area contributed by atoms with E-state index in [1.165, 1.54) is 0 Å². The number of rotatable bonds is 6. The van der Waals surface area contributed by atoms with E-state index >= 15 is 0 Å². The summed E-state index contributed by atoms with van der Waals surface area (Å²) in [5.74, 6) is 0. The predicted molar refractivity (Wildman–Crippen MR) is 59.7 cm³/mol. The second-order valence-electron chi connectivity index (χ2n) is 4.33. The van der Waals surface area contributed by atoms with Gasteiger partial charge in [0.05, 0.1) is 25.4 Å². The summed E-state index contributed by atoms with van der Waals surface area (Å²) < 4.78 is 127. The summed E-state index contributed by atoms with van der Waals surface area (Å²) in [6, 6.07) is 0. The van der Waals surface area contributed by atoms with Gasteiger partial charge in [-0.05, 0) is 12.8 Å². The molecule has 1 rings (SSSR count). The van der Waals surface area contributed by atoms with Crippen LogP contribution in [0.2, 0.25) is 0 Å². The molecule has 0 N–H and O–H groups in total. The van der Waals surface area contributed by atoms with Crippen LogP contribution in [0.3, 0.4) is 0 Å². The van der Waals surface area contributed by atoms with Crippen LogP contribution < -0.4 is 0 Å². The number of ether oxygens (including phenoxy) is 1. The highest BCUT2D eigenvalue weighted by Crippen LogP contribution is 2.28. The fraction of sp³-hybridized carbons (Fsp3) is 1.00. The van der Waals surface area contributed by atoms with E-state index in [4.69, 9.17) is 4.74 Å². The van der Waals surface area contributed by atoms with Gasteiger partial charge in [0.25, 0.3) is 0 Å². The minimum absolute atomic E-state index is 0.0481. The largest absolute Gasteiger partial charge is 0.523 e. The van der Waals surface area contributed by atoms with Crippen molar-refractivity contribution in [1.82, 2.24) is 0 Å². The summed E-state index contributed by atoms with van der Waals surface area (Å²) in [6.45, 7) is -2.02. The van der Waals surface area contributed by atoms with Gasteiger partial charge in [-0.1, -0.05) is 0 Å². The molecule has 0 amide bonds. The van der Waals surface area contributed by atoms with Gasteiger partial charge in [0.1, 0.15) is 0 Å². The molecular weight excluding hydrogens is 386 g/mol. The number of hydrogen-bond donors (Lipinski definition) is 0. The maximum Gasteiger partial charge on any atom is 0.523 e. The third-order valence-corrected chi connectivity index (χ3v) is 4.61. The van der Waals surface area contributed by atoms with Gasteiger partial charge in [-0.25, -0.2) is 0 Å². The molecule has 138 valence electrons. The molecule has 7 nitrogen and oxygen atoms in total. The minimum Gasteiger partial charge on any atom is -0.370 e. The van der Waals surface area contributed by atoms with Gasteiger partial charge in [0.2, 0.25) is 0 Å². The molecular formula is C8H10F6O7S2. The molecule has 15 heteroatoms. The van der Waals surface area contributed by atoms with Crippen LogP contribution in [0.4, 0.5) is 26.3 Å². The van der Waals surface area contributed by atoms with E-state index in [1.54, 1.807) is 0 Å². The molecule has 0 radical (unpaired) electrons. The van der Waals surface area contributed by atoms with E-state index in [2.05, 4.69) is 8.37 Å². The van der Waals surface area contributed by atoms with Crippen molar-refractivity contribution in [3.8, 4) is 0 Å². The van der Waals surface area contributed by atoms with Gasteiger partial charge >= 0.3 is 31.3 Å². The summed E-state index contributed by atoms with van der Waals surface area (Å²) in [4.78, 5) is 0. The fourth-order valence-corrected chi connectivity index (χ4v) is 2.42. The van der Waals surface area contributed by atoms with Crippen molar-refractivity contribution < 1.29 is 56.3 Å². The van der Waals surface area contributed by atoms with Crippen LogP contribution in [0, 0.1) is 0 Å². The zero-order valence-electron chi connectivity index (χ0n) is 10.9. The lowest BCUT2D eigenvalue weighted by Crippen LogP contribution is -2.31. The number of alkyl halides is 6. The molecule has 0 aromatic carbocycles. The molecule has 0 aromatic rings. The monoisotopic (exact) mass is 396 g/mol. The first kappa shape index (κ1) is 20.4. The maximum absolute atomic E-state index is 12.0. The first-order valence-corrected chi connectivity index (χ1v) is 8.54. The molecule has 1 fully saturated rings. The zero-order valence-corrected chi connectivity index (χ0v) is 12.6. The van der Waals surface area contributed by atoms with Gasteiger partial charge in [0, 0.05) is 0 Å². The summed E-state index contributed by atoms with van der Waals surface area (Å²) >= 11 is 0. The first-order valence-electron chi connectivity index (χ1n) is 5.72. The molecule has 23 heavy (non-hydrogen) atoms. The summed E-state index contributed by atoms with van der Waals surface area (Å²) in [6.07, 6.45) is -2.41. The Kier molecular flexibility index (Phi) is 5.94. The first-order chi connectivity index (χ1) is 10.2. The van der Waals surface area contributed by atoms with E-state index in [0.29, 0.717) is 0 Å². The molecule has 1 aliphatic heterocycles. The average Bonchev–Trinajstić information content (AvgIpc) is 2.79. The van der Waals surface area contributed by atoms with Crippen LogP contribution in [0.15, 0.2) is 0 Å². The Labute approximate surface area is 126 Å². The van der Waals surface area contributed by atoms with E-state index in [0.717, 1.165) is 0 Å². The lowest BCUT2D eigenvalue weighted by Gasteiger charge is -2.15. The Balaban J connectivity index is 2.46. The SMILES string of the molecule is O=S(=O)(OCC1CCC(COS(=O)(=O)C(F)(F)F)O1)C(F)(F)F. The Hall–Kier alpha value is -0.640. The average molecular weight is 396 g/mol. The second-order valence-corrected chi connectivity index (χ2v) is 7.54. The summed E-state index contributed by atoms with van der Waals surface area (Å²) in [5.41, 5.74) is -11.2. The third kappa shape index (κ3) is 5.44. The molecule has 0 bridgehead atoms. The highest BCUT2D eigenvalue weighted by atomic mass is 32.2. The van der Waals surface area contributed by atoms with Crippen molar-refractivity contribution >= 4 is 20.2 Å². The fourth-order valence-electron chi connectivity index (χ4n) is 1.49. The third-order valence-electron chi connectivity index (χ3n) is 2.58. The summed E-state index contributed by atoms with van der Waals surface area (Å²) in [7, 11) is -11.6. The van der Waals surface area contributed by atoms with Crippen molar-refractivity contribution in [3.05, 3.63) is 0 Å².